The van der Waals surface area contributed by atoms with E-state index in [-0.39, 0.29) is 0 Å². The van der Waals surface area contributed by atoms with Crippen LogP contribution in [0.1, 0.15) is 0 Å². The van der Waals surface area contributed by atoms with E-state index in [0.29, 0.717) is 0 Å². The van der Waals surface area contributed by atoms with Gasteiger partial charge >= 0.3 is 0 Å². The molecular weight excluding hydrogens is 505 g/mol. The highest BCUT2D eigenvalue weighted by Crippen LogP contribution is 2.52. The molecule has 2 aliphatic heterocycles. The van der Waals surface area contributed by atoms with Gasteiger partial charge in [0.1, 0.15) is 11.6 Å². The minimum atomic E-state index is 0.723. The molecule has 0 aliphatic carbocycles. The van der Waals surface area contributed by atoms with Crippen LogP contribution in [0.5, 0.6) is 0 Å². The van der Waals surface area contributed by atoms with E-state index < -0.39 is 0 Å². The average molecular weight is 525 g/mol. The Balaban J connectivity index is 1.30. The molecule has 0 N–H and O–H groups in total. The summed E-state index contributed by atoms with van der Waals surface area (Å²) in [5, 5.41) is 1.01. The molecule has 38 heavy (non-hydrogen) atoms. The highest BCUT2D eigenvalue weighted by atomic mass is 32.2. The summed E-state index contributed by atoms with van der Waals surface area (Å²) in [5.41, 5.74) is 5.26. The van der Waals surface area contributed by atoms with Crippen molar-refractivity contribution in [2.24, 2.45) is 0 Å². The molecule has 0 saturated heterocycles. The standard InChI is InChI=1S/C32H20N4S2/c1-5-13-26-22(9-1)35(23-10-2-6-14-27(23)37-26)30-19-17-21-18-20-31(34-32(21)33-30)36-24-11-3-7-15-28(24)38-29-16-8-4-12-25(29)36/h1-20H. The van der Waals surface area contributed by atoms with E-state index in [4.69, 9.17) is 9.97 Å². The fraction of sp³-hybridized carbons (Fsp3) is 0. The Morgan fingerprint density at radius 2 is 0.737 bits per heavy atom. The first-order chi connectivity index (χ1) is 18.8. The van der Waals surface area contributed by atoms with Gasteiger partial charge in [-0.25, -0.2) is 9.97 Å². The van der Waals surface area contributed by atoms with Gasteiger partial charge in [0.15, 0.2) is 5.65 Å². The maximum Gasteiger partial charge on any atom is 0.163 e. The second-order valence-electron chi connectivity index (χ2n) is 9.13. The molecule has 0 saturated carbocycles. The number of pyridine rings is 2. The first kappa shape index (κ1) is 21.8. The van der Waals surface area contributed by atoms with Gasteiger partial charge < -0.3 is 0 Å². The van der Waals surface area contributed by atoms with Crippen LogP contribution in [0.15, 0.2) is 141 Å². The molecule has 0 fully saturated rings. The summed E-state index contributed by atoms with van der Waals surface area (Å²) >= 11 is 3.60. The van der Waals surface area contributed by atoms with Crippen molar-refractivity contribution in [3.8, 4) is 0 Å². The quantitative estimate of drug-likeness (QED) is 0.224. The van der Waals surface area contributed by atoms with E-state index in [0.717, 1.165) is 45.4 Å². The van der Waals surface area contributed by atoms with Crippen LogP contribution >= 0.6 is 23.5 Å². The maximum absolute atomic E-state index is 5.14. The Hall–Kier alpha value is -4.26. The van der Waals surface area contributed by atoms with Gasteiger partial charge in [-0.1, -0.05) is 72.1 Å². The van der Waals surface area contributed by atoms with E-state index in [1.165, 1.54) is 19.6 Å². The van der Waals surface area contributed by atoms with Crippen molar-refractivity contribution in [3.05, 3.63) is 121 Å². The SMILES string of the molecule is c1ccc2c(c1)Sc1ccccc1N2c1ccc2ccc(N3c4ccccc4Sc4ccccc43)nc2n1. The summed E-state index contributed by atoms with van der Waals surface area (Å²) in [7, 11) is 0. The maximum atomic E-state index is 5.14. The molecule has 6 heteroatoms. The van der Waals surface area contributed by atoms with Crippen LogP contribution in [0.25, 0.3) is 11.0 Å². The van der Waals surface area contributed by atoms with Gasteiger partial charge in [0.25, 0.3) is 0 Å². The summed E-state index contributed by atoms with van der Waals surface area (Å²) in [6.45, 7) is 0. The number of rotatable bonds is 2. The number of fused-ring (bicyclic) bond motifs is 5. The highest BCUT2D eigenvalue weighted by Gasteiger charge is 2.27. The molecule has 0 atom stereocenters. The molecule has 6 aromatic rings. The van der Waals surface area contributed by atoms with Crippen molar-refractivity contribution in [3.63, 3.8) is 0 Å². The Bertz CT molecular complexity index is 1650. The molecule has 180 valence electrons. The number of anilines is 6. The Morgan fingerprint density at radius 1 is 0.395 bits per heavy atom. The second-order valence-corrected chi connectivity index (χ2v) is 11.3. The van der Waals surface area contributed by atoms with E-state index in [2.05, 4.69) is 131 Å². The zero-order valence-corrected chi connectivity index (χ0v) is 21.8. The summed E-state index contributed by atoms with van der Waals surface area (Å²) in [4.78, 5) is 19.6. The first-order valence-electron chi connectivity index (χ1n) is 12.4. The normalized spacial score (nSPS) is 13.5. The number of hydrogen-bond donors (Lipinski definition) is 0. The van der Waals surface area contributed by atoms with Crippen molar-refractivity contribution in [1.82, 2.24) is 9.97 Å². The van der Waals surface area contributed by atoms with Crippen LogP contribution < -0.4 is 9.80 Å². The highest BCUT2D eigenvalue weighted by molar-refractivity contribution is 8.00. The molecular formula is C32H20N4S2. The number of aromatic nitrogens is 2. The predicted molar refractivity (Wildman–Crippen MR) is 157 cm³/mol. The lowest BCUT2D eigenvalue weighted by molar-refractivity contribution is 1.10. The van der Waals surface area contributed by atoms with E-state index in [1.54, 1.807) is 23.5 Å². The van der Waals surface area contributed by atoms with Gasteiger partial charge in [-0.2, -0.15) is 0 Å². The summed E-state index contributed by atoms with van der Waals surface area (Å²) in [6.07, 6.45) is 0. The van der Waals surface area contributed by atoms with Crippen molar-refractivity contribution in [2.45, 2.75) is 19.6 Å². The summed E-state index contributed by atoms with van der Waals surface area (Å²) < 4.78 is 0. The third-order valence-corrected chi connectivity index (χ3v) is 9.11. The van der Waals surface area contributed by atoms with Crippen molar-refractivity contribution < 1.29 is 0 Å². The molecule has 0 spiro atoms. The van der Waals surface area contributed by atoms with Gasteiger partial charge in [-0.15, -0.1) is 0 Å². The van der Waals surface area contributed by atoms with Crippen LogP contribution in [-0.4, -0.2) is 9.97 Å². The largest absolute Gasteiger partial charge is 0.293 e. The fourth-order valence-corrected chi connectivity index (χ4v) is 7.25. The van der Waals surface area contributed by atoms with Crippen LogP contribution in [0, 0.1) is 0 Å². The summed E-state index contributed by atoms with van der Waals surface area (Å²) in [5.74, 6) is 1.72. The summed E-state index contributed by atoms with van der Waals surface area (Å²) in [6, 6.07) is 42.4. The van der Waals surface area contributed by atoms with Crippen LogP contribution in [0.4, 0.5) is 34.4 Å². The molecule has 4 heterocycles. The monoisotopic (exact) mass is 524 g/mol. The van der Waals surface area contributed by atoms with E-state index in [9.17, 15) is 0 Å². The third kappa shape index (κ3) is 3.41. The van der Waals surface area contributed by atoms with Crippen LogP contribution in [0.3, 0.4) is 0 Å². The molecule has 0 amide bonds. The zero-order chi connectivity index (χ0) is 25.1. The lowest BCUT2D eigenvalue weighted by Crippen LogP contribution is -2.17. The number of hydrogen-bond acceptors (Lipinski definition) is 6. The van der Waals surface area contributed by atoms with Gasteiger partial charge in [0.05, 0.1) is 22.7 Å². The van der Waals surface area contributed by atoms with Crippen molar-refractivity contribution >= 4 is 68.9 Å². The van der Waals surface area contributed by atoms with Crippen LogP contribution in [-0.2, 0) is 0 Å². The van der Waals surface area contributed by atoms with Gasteiger partial charge in [-0.3, -0.25) is 9.80 Å². The third-order valence-electron chi connectivity index (χ3n) is 6.85. The van der Waals surface area contributed by atoms with Gasteiger partial charge in [0, 0.05) is 25.0 Å². The Labute approximate surface area is 229 Å². The van der Waals surface area contributed by atoms with E-state index in [1.807, 2.05) is 0 Å². The molecule has 0 unspecified atom stereocenters. The van der Waals surface area contributed by atoms with Gasteiger partial charge in [0.2, 0.25) is 0 Å². The molecule has 4 aromatic carbocycles. The average Bonchev–Trinajstić information content (AvgIpc) is 2.98. The fourth-order valence-electron chi connectivity index (χ4n) is 5.13. The van der Waals surface area contributed by atoms with Crippen molar-refractivity contribution in [2.75, 3.05) is 9.80 Å². The van der Waals surface area contributed by atoms with Crippen LogP contribution in [0.2, 0.25) is 0 Å². The lowest BCUT2D eigenvalue weighted by atomic mass is 10.2. The predicted octanol–water partition coefficient (Wildman–Crippen LogP) is 9.50. The van der Waals surface area contributed by atoms with E-state index >= 15 is 0 Å². The minimum absolute atomic E-state index is 0.723. The number of benzene rings is 4. The number of nitrogens with zero attached hydrogens (tertiary/aromatic N) is 4. The molecule has 0 radical (unpaired) electrons. The molecule has 2 aromatic heterocycles. The Kier molecular flexibility index (Phi) is 4.96. The lowest BCUT2D eigenvalue weighted by Gasteiger charge is -2.32. The molecule has 8 rings (SSSR count). The zero-order valence-electron chi connectivity index (χ0n) is 20.2. The molecule has 0 bridgehead atoms. The first-order valence-corrected chi connectivity index (χ1v) is 14.1. The molecule has 2 aliphatic rings. The van der Waals surface area contributed by atoms with Crippen molar-refractivity contribution in [1.29, 1.82) is 0 Å². The molecule has 4 nitrogen and oxygen atoms in total. The second kappa shape index (κ2) is 8.65. The smallest absolute Gasteiger partial charge is 0.163 e. The topological polar surface area (TPSA) is 32.3 Å². The number of para-hydroxylation sites is 4. The minimum Gasteiger partial charge on any atom is -0.293 e. The Morgan fingerprint density at radius 3 is 1.11 bits per heavy atom. The van der Waals surface area contributed by atoms with Gasteiger partial charge in [-0.05, 0) is 72.8 Å².